The van der Waals surface area contributed by atoms with E-state index in [2.05, 4.69) is 16.2 Å². The molecule has 0 aliphatic rings. The van der Waals surface area contributed by atoms with E-state index in [1.165, 1.54) is 13.2 Å². The molecule has 2 rings (SSSR count). The zero-order valence-corrected chi connectivity index (χ0v) is 13.3. The Morgan fingerprint density at radius 2 is 1.67 bits per heavy atom. The van der Waals surface area contributed by atoms with Gasteiger partial charge >= 0.3 is 11.8 Å². The van der Waals surface area contributed by atoms with E-state index in [9.17, 15) is 14.4 Å². The van der Waals surface area contributed by atoms with Crippen LogP contribution in [0.1, 0.15) is 15.9 Å². The number of amides is 3. The molecule has 0 aliphatic carbocycles. The Morgan fingerprint density at radius 1 is 0.917 bits per heavy atom. The number of aryl methyl sites for hydroxylation is 1. The quantitative estimate of drug-likeness (QED) is 0.586. The molecular weight excluding hydrogens is 310 g/mol. The number of ether oxygens (including phenoxy) is 1. The largest absolute Gasteiger partial charge is 0.497 e. The second-order valence-electron chi connectivity index (χ2n) is 4.96. The van der Waals surface area contributed by atoms with Crippen LogP contribution in [0.15, 0.2) is 48.5 Å². The number of carbonyl (C=O) groups is 3. The Kier molecular flexibility index (Phi) is 5.51. The minimum atomic E-state index is -0.979. The number of carbonyl (C=O) groups excluding carboxylic acids is 3. The second kappa shape index (κ2) is 7.77. The fraction of sp³-hybridized carbons (Fsp3) is 0.118. The third-order valence-electron chi connectivity index (χ3n) is 3.10. The lowest BCUT2D eigenvalue weighted by Crippen LogP contribution is -2.46. The van der Waals surface area contributed by atoms with Crippen LogP contribution in [0.25, 0.3) is 0 Å². The maximum atomic E-state index is 11.9. The number of hydrazine groups is 1. The molecule has 3 amide bonds. The smallest absolute Gasteiger partial charge is 0.328 e. The van der Waals surface area contributed by atoms with Gasteiger partial charge in [0.05, 0.1) is 7.11 Å². The molecule has 7 heteroatoms. The Bertz CT molecular complexity index is 774. The Labute approximate surface area is 139 Å². The number of anilines is 1. The molecule has 0 bridgehead atoms. The van der Waals surface area contributed by atoms with Crippen LogP contribution in [0.3, 0.4) is 0 Å². The molecule has 0 aliphatic heterocycles. The van der Waals surface area contributed by atoms with E-state index in [0.717, 1.165) is 5.56 Å². The molecule has 0 unspecified atom stereocenters. The molecule has 0 saturated heterocycles. The van der Waals surface area contributed by atoms with Crippen LogP contribution >= 0.6 is 0 Å². The highest BCUT2D eigenvalue weighted by Gasteiger charge is 2.15. The van der Waals surface area contributed by atoms with Gasteiger partial charge in [0.2, 0.25) is 0 Å². The summed E-state index contributed by atoms with van der Waals surface area (Å²) in [5.41, 5.74) is 5.96. The van der Waals surface area contributed by atoms with Gasteiger partial charge in [-0.05, 0) is 42.8 Å². The van der Waals surface area contributed by atoms with Gasteiger partial charge < -0.3 is 10.1 Å². The van der Waals surface area contributed by atoms with Crippen LogP contribution in [0.4, 0.5) is 5.69 Å². The predicted molar refractivity (Wildman–Crippen MR) is 88.4 cm³/mol. The lowest BCUT2D eigenvalue weighted by Gasteiger charge is -2.09. The molecular formula is C17H17N3O4. The molecule has 0 spiro atoms. The van der Waals surface area contributed by atoms with E-state index >= 15 is 0 Å². The van der Waals surface area contributed by atoms with E-state index in [0.29, 0.717) is 11.4 Å². The van der Waals surface area contributed by atoms with Gasteiger partial charge in [0.15, 0.2) is 0 Å². The lowest BCUT2D eigenvalue weighted by atomic mass is 10.2. The Balaban J connectivity index is 1.89. The Morgan fingerprint density at radius 3 is 2.38 bits per heavy atom. The molecule has 0 saturated carbocycles. The zero-order valence-electron chi connectivity index (χ0n) is 13.3. The van der Waals surface area contributed by atoms with Crippen molar-refractivity contribution in [3.05, 3.63) is 59.7 Å². The minimum absolute atomic E-state index is 0.286. The number of methoxy groups -OCH3 is 1. The van der Waals surface area contributed by atoms with Crippen LogP contribution in [-0.2, 0) is 9.59 Å². The SMILES string of the molecule is COc1cccc(C(=O)NNC(=O)C(=O)Nc2cccc(C)c2)c1. The number of nitrogens with one attached hydrogen (secondary N) is 3. The highest BCUT2D eigenvalue weighted by molar-refractivity contribution is 6.39. The normalized spacial score (nSPS) is 9.75. The monoisotopic (exact) mass is 327 g/mol. The van der Waals surface area contributed by atoms with Gasteiger partial charge in [0.1, 0.15) is 5.75 Å². The first kappa shape index (κ1) is 17.0. The molecule has 0 heterocycles. The van der Waals surface area contributed by atoms with Crippen molar-refractivity contribution in [2.24, 2.45) is 0 Å². The van der Waals surface area contributed by atoms with Crippen molar-refractivity contribution >= 4 is 23.4 Å². The number of hydrogen-bond acceptors (Lipinski definition) is 4. The van der Waals surface area contributed by atoms with Gasteiger partial charge in [-0.15, -0.1) is 0 Å². The van der Waals surface area contributed by atoms with E-state index in [1.807, 2.05) is 13.0 Å². The van der Waals surface area contributed by atoms with Gasteiger partial charge in [-0.25, -0.2) is 0 Å². The third kappa shape index (κ3) is 4.57. The van der Waals surface area contributed by atoms with Crippen LogP contribution in [-0.4, -0.2) is 24.8 Å². The third-order valence-corrected chi connectivity index (χ3v) is 3.10. The molecule has 24 heavy (non-hydrogen) atoms. The van der Waals surface area contributed by atoms with E-state index in [4.69, 9.17) is 4.74 Å². The lowest BCUT2D eigenvalue weighted by molar-refractivity contribution is -0.136. The molecule has 0 fully saturated rings. The number of rotatable bonds is 3. The molecule has 0 atom stereocenters. The van der Waals surface area contributed by atoms with E-state index in [1.54, 1.807) is 36.4 Å². The van der Waals surface area contributed by atoms with E-state index in [-0.39, 0.29) is 5.56 Å². The van der Waals surface area contributed by atoms with Crippen LogP contribution < -0.4 is 20.9 Å². The number of hydrogen-bond donors (Lipinski definition) is 3. The maximum absolute atomic E-state index is 11.9. The summed E-state index contributed by atoms with van der Waals surface area (Å²) in [5, 5.41) is 2.44. The summed E-state index contributed by atoms with van der Waals surface area (Å²) in [4.78, 5) is 35.4. The van der Waals surface area contributed by atoms with Gasteiger partial charge in [-0.3, -0.25) is 25.2 Å². The predicted octanol–water partition coefficient (Wildman–Crippen LogP) is 1.40. The van der Waals surface area contributed by atoms with E-state index < -0.39 is 17.7 Å². The average Bonchev–Trinajstić information content (AvgIpc) is 2.59. The van der Waals surface area contributed by atoms with Crippen molar-refractivity contribution in [2.75, 3.05) is 12.4 Å². The molecule has 0 aromatic heterocycles. The topological polar surface area (TPSA) is 96.5 Å². The molecule has 124 valence electrons. The molecule has 7 nitrogen and oxygen atoms in total. The summed E-state index contributed by atoms with van der Waals surface area (Å²) in [5.74, 6) is -1.92. The molecule has 0 radical (unpaired) electrons. The molecule has 2 aromatic rings. The van der Waals surface area contributed by atoms with Gasteiger partial charge in [-0.1, -0.05) is 18.2 Å². The zero-order chi connectivity index (χ0) is 17.5. The van der Waals surface area contributed by atoms with Crippen LogP contribution in [0, 0.1) is 6.92 Å². The average molecular weight is 327 g/mol. The first-order valence-electron chi connectivity index (χ1n) is 7.12. The summed E-state index contributed by atoms with van der Waals surface area (Å²) in [6, 6.07) is 13.4. The maximum Gasteiger partial charge on any atom is 0.328 e. The van der Waals surface area contributed by atoms with Crippen molar-refractivity contribution in [1.29, 1.82) is 0 Å². The van der Waals surface area contributed by atoms with Gasteiger partial charge in [0.25, 0.3) is 5.91 Å². The first-order valence-corrected chi connectivity index (χ1v) is 7.12. The minimum Gasteiger partial charge on any atom is -0.497 e. The highest BCUT2D eigenvalue weighted by atomic mass is 16.5. The molecule has 2 aromatic carbocycles. The number of benzene rings is 2. The summed E-state index contributed by atoms with van der Waals surface area (Å²) < 4.78 is 5.01. The standard InChI is InChI=1S/C17H17N3O4/c1-11-5-3-7-13(9-11)18-16(22)17(23)20-19-15(21)12-6-4-8-14(10-12)24-2/h3-10H,1-2H3,(H,18,22)(H,19,21)(H,20,23). The highest BCUT2D eigenvalue weighted by Crippen LogP contribution is 2.12. The van der Waals surface area contributed by atoms with Crippen molar-refractivity contribution < 1.29 is 19.1 Å². The van der Waals surface area contributed by atoms with Crippen molar-refractivity contribution in [3.8, 4) is 5.75 Å². The fourth-order valence-corrected chi connectivity index (χ4v) is 1.92. The second-order valence-corrected chi connectivity index (χ2v) is 4.96. The Hall–Kier alpha value is -3.35. The van der Waals surface area contributed by atoms with Crippen LogP contribution in [0.5, 0.6) is 5.75 Å². The summed E-state index contributed by atoms with van der Waals surface area (Å²) >= 11 is 0. The fourth-order valence-electron chi connectivity index (χ4n) is 1.92. The van der Waals surface area contributed by atoms with Crippen molar-refractivity contribution in [1.82, 2.24) is 10.9 Å². The summed E-state index contributed by atoms with van der Waals surface area (Å²) in [6.45, 7) is 1.87. The van der Waals surface area contributed by atoms with Gasteiger partial charge in [-0.2, -0.15) is 0 Å². The summed E-state index contributed by atoms with van der Waals surface area (Å²) in [6.07, 6.45) is 0. The van der Waals surface area contributed by atoms with Crippen LogP contribution in [0.2, 0.25) is 0 Å². The van der Waals surface area contributed by atoms with Gasteiger partial charge in [0, 0.05) is 11.3 Å². The van der Waals surface area contributed by atoms with Crippen molar-refractivity contribution in [2.45, 2.75) is 6.92 Å². The van der Waals surface area contributed by atoms with Crippen molar-refractivity contribution in [3.63, 3.8) is 0 Å². The summed E-state index contributed by atoms with van der Waals surface area (Å²) in [7, 11) is 1.48. The first-order chi connectivity index (χ1) is 11.5. The molecule has 3 N–H and O–H groups in total.